The Morgan fingerprint density at radius 3 is 1.97 bits per heavy atom. The van der Waals surface area contributed by atoms with Crippen LogP contribution in [0.5, 0.6) is 28.7 Å². The third kappa shape index (κ3) is 7.18. The molecule has 1 saturated heterocycles. The van der Waals surface area contributed by atoms with Gasteiger partial charge in [0.05, 0.1) is 7.11 Å². The molecule has 0 aliphatic carbocycles. The van der Waals surface area contributed by atoms with Gasteiger partial charge in [-0.25, -0.2) is 0 Å². The molecule has 10 nitrogen and oxygen atoms in total. The van der Waals surface area contributed by atoms with Crippen LogP contribution in [0.3, 0.4) is 0 Å². The van der Waals surface area contributed by atoms with Crippen LogP contribution in [0.2, 0.25) is 0 Å². The van der Waals surface area contributed by atoms with Crippen LogP contribution < -0.4 is 23.7 Å². The van der Waals surface area contributed by atoms with E-state index < -0.39 is 12.2 Å². The Morgan fingerprint density at radius 2 is 1.36 bits per heavy atom. The molecule has 0 spiro atoms. The normalized spacial score (nSPS) is 15.9. The molecule has 10 heteroatoms. The van der Waals surface area contributed by atoms with E-state index in [0.717, 1.165) is 11.1 Å². The van der Waals surface area contributed by atoms with Crippen molar-refractivity contribution in [3.63, 3.8) is 0 Å². The number of carbonyl (C=O) groups is 1. The van der Waals surface area contributed by atoms with Gasteiger partial charge in [0.2, 0.25) is 5.78 Å². The van der Waals surface area contributed by atoms with E-state index in [0.29, 0.717) is 23.9 Å². The van der Waals surface area contributed by atoms with Gasteiger partial charge in [0.15, 0.2) is 38.0 Å². The smallest absolute Gasteiger partial charge is 0.202 e. The van der Waals surface area contributed by atoms with Crippen LogP contribution in [0, 0.1) is 0 Å². The van der Waals surface area contributed by atoms with Crippen LogP contribution in [0.25, 0.3) is 0 Å². The molecule has 2 unspecified atom stereocenters. The van der Waals surface area contributed by atoms with E-state index in [4.69, 9.17) is 42.6 Å². The van der Waals surface area contributed by atoms with Crippen molar-refractivity contribution in [2.24, 2.45) is 0 Å². The Labute approximate surface area is 227 Å². The summed E-state index contributed by atoms with van der Waals surface area (Å²) in [6, 6.07) is 18.4. The molecule has 4 rings (SSSR count). The summed E-state index contributed by atoms with van der Waals surface area (Å²) in [5, 5.41) is 0. The first-order chi connectivity index (χ1) is 19.1. The van der Waals surface area contributed by atoms with Gasteiger partial charge in [-0.05, 0) is 23.3 Å². The number of rotatable bonds is 16. The second kappa shape index (κ2) is 13.8. The lowest BCUT2D eigenvalue weighted by atomic mass is 10.0. The summed E-state index contributed by atoms with van der Waals surface area (Å²) in [6.07, 6.45) is -1.25. The third-order valence-corrected chi connectivity index (χ3v) is 5.80. The molecule has 0 N–H and O–H groups in total. The number of ether oxygens (including phenoxy) is 9. The minimum Gasteiger partial charge on any atom is -0.493 e. The van der Waals surface area contributed by atoms with Crippen LogP contribution >= 0.6 is 0 Å². The topological polar surface area (TPSA) is 103 Å². The van der Waals surface area contributed by atoms with Crippen molar-refractivity contribution >= 4 is 5.78 Å². The molecule has 2 atom stereocenters. The number of carbonyl (C=O) groups excluding carboxylic acids is 1. The van der Waals surface area contributed by atoms with Crippen LogP contribution in [0.1, 0.15) is 27.6 Å². The first kappa shape index (κ1) is 28.2. The number of epoxide rings is 1. The molecule has 0 saturated carbocycles. The zero-order valence-electron chi connectivity index (χ0n) is 22.3. The van der Waals surface area contributed by atoms with Crippen LogP contribution in [-0.2, 0) is 25.6 Å². The van der Waals surface area contributed by atoms with Crippen molar-refractivity contribution in [1.82, 2.24) is 0 Å². The minimum atomic E-state index is -0.763. The Hall–Kier alpha value is -3.83. The van der Waals surface area contributed by atoms with E-state index in [1.165, 1.54) is 21.3 Å². The molecule has 0 radical (unpaired) electrons. The SMILES string of the molecule is COCOc1cc(OCOC)c(C(=O)C2OC2c2ccc(OC)c(OCc3ccccc3)c2)c(OCOC)c1. The number of hydrogen-bond donors (Lipinski definition) is 0. The monoisotopic (exact) mass is 540 g/mol. The number of Topliss-reactive ketones (excluding diaryl/α,β-unsaturated/α-hetero) is 1. The molecule has 1 aliphatic rings. The van der Waals surface area contributed by atoms with E-state index >= 15 is 0 Å². The largest absolute Gasteiger partial charge is 0.493 e. The number of benzene rings is 3. The lowest BCUT2D eigenvalue weighted by Gasteiger charge is -2.17. The zero-order chi connectivity index (χ0) is 27.6. The number of methoxy groups -OCH3 is 4. The summed E-state index contributed by atoms with van der Waals surface area (Å²) in [6.45, 7) is 0.188. The molecule has 208 valence electrons. The fourth-order valence-corrected chi connectivity index (χ4v) is 3.92. The van der Waals surface area contributed by atoms with Crippen LogP contribution in [0.15, 0.2) is 60.7 Å². The van der Waals surface area contributed by atoms with Gasteiger partial charge in [0.25, 0.3) is 0 Å². The summed E-state index contributed by atoms with van der Waals surface area (Å²) in [4.78, 5) is 13.7. The molecule has 39 heavy (non-hydrogen) atoms. The van der Waals surface area contributed by atoms with Gasteiger partial charge in [0, 0.05) is 33.5 Å². The summed E-state index contributed by atoms with van der Waals surface area (Å²) >= 11 is 0. The Kier molecular flexibility index (Phi) is 9.98. The Bertz CT molecular complexity index is 1200. The summed E-state index contributed by atoms with van der Waals surface area (Å²) in [5.41, 5.74) is 1.98. The Morgan fingerprint density at radius 1 is 0.718 bits per heavy atom. The van der Waals surface area contributed by atoms with Gasteiger partial charge in [-0.1, -0.05) is 36.4 Å². The van der Waals surface area contributed by atoms with Gasteiger partial charge in [-0.15, -0.1) is 0 Å². The van der Waals surface area contributed by atoms with Crippen LogP contribution in [0.4, 0.5) is 0 Å². The average Bonchev–Trinajstić information content (AvgIpc) is 3.78. The standard InChI is InChI=1S/C29H32O10/c1-31-16-36-21-13-24(37-17-32-2)26(25(14-21)38-18-33-3)27(30)29-28(39-29)20-10-11-22(34-4)23(12-20)35-15-19-8-6-5-7-9-19/h5-14,28-29H,15-18H2,1-4H3. The van der Waals surface area contributed by atoms with E-state index in [2.05, 4.69) is 0 Å². The highest BCUT2D eigenvalue weighted by Gasteiger charge is 2.48. The first-order valence-corrected chi connectivity index (χ1v) is 12.2. The molecule has 1 aliphatic heterocycles. The summed E-state index contributed by atoms with van der Waals surface area (Å²) in [5.74, 6) is 1.63. The second-order valence-corrected chi connectivity index (χ2v) is 8.47. The average molecular weight is 541 g/mol. The maximum Gasteiger partial charge on any atom is 0.202 e. The van der Waals surface area contributed by atoms with Gasteiger partial charge in [-0.3, -0.25) is 4.79 Å². The van der Waals surface area contributed by atoms with Crippen molar-refractivity contribution in [2.45, 2.75) is 18.8 Å². The van der Waals surface area contributed by atoms with E-state index in [1.54, 1.807) is 25.3 Å². The minimum absolute atomic E-state index is 0.000680. The fraction of sp³-hybridized carbons (Fsp3) is 0.345. The molecule has 0 bridgehead atoms. The predicted molar refractivity (Wildman–Crippen MR) is 140 cm³/mol. The highest BCUT2D eigenvalue weighted by molar-refractivity contribution is 6.06. The quantitative estimate of drug-likeness (QED) is 0.146. The van der Waals surface area contributed by atoms with Gasteiger partial charge >= 0.3 is 0 Å². The molecular formula is C29H32O10. The van der Waals surface area contributed by atoms with Crippen molar-refractivity contribution < 1.29 is 47.4 Å². The number of ketones is 1. The molecule has 0 amide bonds. The summed E-state index contributed by atoms with van der Waals surface area (Å²) < 4.78 is 49.4. The van der Waals surface area contributed by atoms with Crippen molar-refractivity contribution in [1.29, 1.82) is 0 Å². The lowest BCUT2D eigenvalue weighted by molar-refractivity contribution is 0.0397. The summed E-state index contributed by atoms with van der Waals surface area (Å²) in [7, 11) is 6.05. The second-order valence-electron chi connectivity index (χ2n) is 8.47. The van der Waals surface area contributed by atoms with Gasteiger partial charge < -0.3 is 42.6 Å². The molecule has 3 aromatic carbocycles. The molecule has 1 heterocycles. The lowest BCUT2D eigenvalue weighted by Crippen LogP contribution is -2.15. The maximum absolute atomic E-state index is 13.7. The highest BCUT2D eigenvalue weighted by Crippen LogP contribution is 2.46. The Balaban J connectivity index is 1.58. The van der Waals surface area contributed by atoms with Gasteiger partial charge in [0.1, 0.15) is 35.5 Å². The fourth-order valence-electron chi connectivity index (χ4n) is 3.92. The number of hydrogen-bond acceptors (Lipinski definition) is 10. The molecule has 1 fully saturated rings. The maximum atomic E-state index is 13.7. The van der Waals surface area contributed by atoms with Gasteiger partial charge in [-0.2, -0.15) is 0 Å². The van der Waals surface area contributed by atoms with Crippen molar-refractivity contribution in [3.05, 3.63) is 77.4 Å². The van der Waals surface area contributed by atoms with E-state index in [9.17, 15) is 4.79 Å². The van der Waals surface area contributed by atoms with E-state index in [-0.39, 0.29) is 43.2 Å². The molecule has 3 aromatic rings. The molecular weight excluding hydrogens is 508 g/mol. The third-order valence-electron chi connectivity index (χ3n) is 5.80. The predicted octanol–water partition coefficient (Wildman–Crippen LogP) is 4.55. The molecule has 0 aromatic heterocycles. The zero-order valence-corrected chi connectivity index (χ0v) is 22.3. The highest BCUT2D eigenvalue weighted by atomic mass is 16.7. The van der Waals surface area contributed by atoms with Crippen molar-refractivity contribution in [3.8, 4) is 28.7 Å². The van der Waals surface area contributed by atoms with E-state index in [1.807, 2.05) is 42.5 Å². The van der Waals surface area contributed by atoms with Crippen LogP contribution in [-0.4, -0.2) is 60.7 Å². The first-order valence-electron chi connectivity index (χ1n) is 12.2. The van der Waals surface area contributed by atoms with Crippen molar-refractivity contribution in [2.75, 3.05) is 48.8 Å².